The Morgan fingerprint density at radius 1 is 1.11 bits per heavy atom. The van der Waals surface area contributed by atoms with Crippen LogP contribution >= 0.6 is 11.6 Å². The van der Waals surface area contributed by atoms with Crippen molar-refractivity contribution in [2.75, 3.05) is 7.11 Å². The lowest BCUT2D eigenvalue weighted by Crippen LogP contribution is -1.96. The quantitative estimate of drug-likeness (QED) is 0.734. The Balaban J connectivity index is 2.11. The van der Waals surface area contributed by atoms with Gasteiger partial charge in [0.05, 0.1) is 12.5 Å². The van der Waals surface area contributed by atoms with E-state index in [1.807, 2.05) is 24.3 Å². The Bertz CT molecular complexity index is 505. The van der Waals surface area contributed by atoms with Gasteiger partial charge >= 0.3 is 0 Å². The summed E-state index contributed by atoms with van der Waals surface area (Å²) in [5.74, 6) is 0.849. The van der Waals surface area contributed by atoms with Crippen LogP contribution in [0.15, 0.2) is 48.5 Å². The van der Waals surface area contributed by atoms with Gasteiger partial charge in [-0.2, -0.15) is 0 Å². The third-order valence-electron chi connectivity index (χ3n) is 2.99. The zero-order valence-corrected chi connectivity index (χ0v) is 11.4. The molecule has 0 aliphatic rings. The number of hydrogen-bond donors (Lipinski definition) is 0. The van der Waals surface area contributed by atoms with E-state index in [-0.39, 0.29) is 5.38 Å². The van der Waals surface area contributed by atoms with E-state index < -0.39 is 0 Å². The van der Waals surface area contributed by atoms with E-state index in [0.717, 1.165) is 17.7 Å². The van der Waals surface area contributed by atoms with E-state index >= 15 is 0 Å². The second-order valence-electron chi connectivity index (χ2n) is 4.43. The standard InChI is InChI=1S/C16H17ClO/c1-12-6-8-13(9-7-12)10-16(17)14-4-3-5-15(11-14)18-2/h3-9,11,16H,10H2,1-2H3. The summed E-state index contributed by atoms with van der Waals surface area (Å²) in [5.41, 5.74) is 3.62. The molecule has 0 fully saturated rings. The molecule has 1 nitrogen and oxygen atoms in total. The van der Waals surface area contributed by atoms with Gasteiger partial charge in [-0.25, -0.2) is 0 Å². The van der Waals surface area contributed by atoms with E-state index in [1.165, 1.54) is 11.1 Å². The predicted molar refractivity (Wildman–Crippen MR) is 76.5 cm³/mol. The van der Waals surface area contributed by atoms with Crippen LogP contribution in [0.5, 0.6) is 5.75 Å². The lowest BCUT2D eigenvalue weighted by Gasteiger charge is -2.11. The zero-order chi connectivity index (χ0) is 13.0. The Labute approximate surface area is 113 Å². The van der Waals surface area contributed by atoms with Crippen LogP contribution in [0.2, 0.25) is 0 Å². The van der Waals surface area contributed by atoms with Crippen molar-refractivity contribution < 1.29 is 4.74 Å². The summed E-state index contributed by atoms with van der Waals surface area (Å²) in [6, 6.07) is 16.4. The van der Waals surface area contributed by atoms with E-state index in [9.17, 15) is 0 Å². The van der Waals surface area contributed by atoms with Crippen molar-refractivity contribution in [3.8, 4) is 5.75 Å². The molecular formula is C16H17ClO. The van der Waals surface area contributed by atoms with Gasteiger partial charge in [-0.3, -0.25) is 0 Å². The minimum absolute atomic E-state index is 0.0252. The van der Waals surface area contributed by atoms with Gasteiger partial charge in [0.2, 0.25) is 0 Å². The van der Waals surface area contributed by atoms with Crippen molar-refractivity contribution >= 4 is 11.6 Å². The monoisotopic (exact) mass is 260 g/mol. The molecule has 2 heteroatoms. The molecule has 1 unspecified atom stereocenters. The second kappa shape index (κ2) is 5.92. The first kappa shape index (κ1) is 13.0. The number of alkyl halides is 1. The van der Waals surface area contributed by atoms with Crippen molar-refractivity contribution in [2.24, 2.45) is 0 Å². The van der Waals surface area contributed by atoms with Crippen molar-refractivity contribution in [1.29, 1.82) is 0 Å². The lowest BCUT2D eigenvalue weighted by atomic mass is 10.0. The van der Waals surface area contributed by atoms with Crippen LogP contribution in [0.4, 0.5) is 0 Å². The Kier molecular flexibility index (Phi) is 4.27. The first-order valence-corrected chi connectivity index (χ1v) is 6.46. The van der Waals surface area contributed by atoms with E-state index in [1.54, 1.807) is 7.11 Å². The maximum atomic E-state index is 6.45. The maximum absolute atomic E-state index is 6.45. The molecule has 0 N–H and O–H groups in total. The molecule has 0 radical (unpaired) electrons. The van der Waals surface area contributed by atoms with Gasteiger partial charge in [0.15, 0.2) is 0 Å². The molecule has 0 amide bonds. The third-order valence-corrected chi connectivity index (χ3v) is 3.40. The number of halogens is 1. The summed E-state index contributed by atoms with van der Waals surface area (Å²) in [6.07, 6.45) is 0.828. The molecule has 0 saturated heterocycles. The number of benzene rings is 2. The molecule has 0 saturated carbocycles. The summed E-state index contributed by atoms with van der Waals surface area (Å²) in [6.45, 7) is 2.09. The van der Waals surface area contributed by atoms with Gasteiger partial charge < -0.3 is 4.74 Å². The summed E-state index contributed by atoms with van der Waals surface area (Å²) in [5, 5.41) is -0.0252. The molecular weight excluding hydrogens is 244 g/mol. The Hall–Kier alpha value is -1.47. The molecule has 0 spiro atoms. The highest BCUT2D eigenvalue weighted by atomic mass is 35.5. The van der Waals surface area contributed by atoms with Crippen LogP contribution < -0.4 is 4.74 Å². The molecule has 18 heavy (non-hydrogen) atoms. The molecule has 0 aromatic heterocycles. The fourth-order valence-corrected chi connectivity index (χ4v) is 2.20. The topological polar surface area (TPSA) is 9.23 Å². The van der Waals surface area contributed by atoms with Gasteiger partial charge in [-0.05, 0) is 36.6 Å². The molecule has 0 aliphatic heterocycles. The fraction of sp³-hybridized carbons (Fsp3) is 0.250. The van der Waals surface area contributed by atoms with Gasteiger partial charge in [0.25, 0.3) is 0 Å². The second-order valence-corrected chi connectivity index (χ2v) is 4.96. The van der Waals surface area contributed by atoms with Gasteiger partial charge in [0, 0.05) is 0 Å². The van der Waals surface area contributed by atoms with E-state index in [2.05, 4.69) is 31.2 Å². The number of aryl methyl sites for hydroxylation is 1. The molecule has 0 bridgehead atoms. The number of methoxy groups -OCH3 is 1. The third kappa shape index (κ3) is 3.27. The molecule has 2 aromatic carbocycles. The number of ether oxygens (including phenoxy) is 1. The Morgan fingerprint density at radius 2 is 1.83 bits per heavy atom. The summed E-state index contributed by atoms with van der Waals surface area (Å²) in [4.78, 5) is 0. The molecule has 94 valence electrons. The lowest BCUT2D eigenvalue weighted by molar-refractivity contribution is 0.414. The van der Waals surface area contributed by atoms with Crippen LogP contribution in [0, 0.1) is 6.92 Å². The highest BCUT2D eigenvalue weighted by Gasteiger charge is 2.09. The van der Waals surface area contributed by atoms with Crippen LogP contribution in [0.1, 0.15) is 22.1 Å². The first-order chi connectivity index (χ1) is 8.69. The summed E-state index contributed by atoms with van der Waals surface area (Å²) < 4.78 is 5.21. The number of rotatable bonds is 4. The van der Waals surface area contributed by atoms with Crippen molar-refractivity contribution in [2.45, 2.75) is 18.7 Å². The van der Waals surface area contributed by atoms with Crippen LogP contribution in [-0.2, 0) is 6.42 Å². The van der Waals surface area contributed by atoms with Gasteiger partial charge in [-0.15, -0.1) is 11.6 Å². The van der Waals surface area contributed by atoms with Crippen molar-refractivity contribution in [3.05, 3.63) is 65.2 Å². The SMILES string of the molecule is COc1cccc(C(Cl)Cc2ccc(C)cc2)c1. The maximum Gasteiger partial charge on any atom is 0.119 e. The first-order valence-electron chi connectivity index (χ1n) is 6.02. The smallest absolute Gasteiger partial charge is 0.119 e. The predicted octanol–water partition coefficient (Wildman–Crippen LogP) is 4.53. The Morgan fingerprint density at radius 3 is 2.50 bits per heavy atom. The molecule has 0 heterocycles. The van der Waals surface area contributed by atoms with Crippen LogP contribution in [0.3, 0.4) is 0 Å². The highest BCUT2D eigenvalue weighted by Crippen LogP contribution is 2.27. The van der Waals surface area contributed by atoms with E-state index in [0.29, 0.717) is 0 Å². The minimum atomic E-state index is -0.0252. The molecule has 2 aromatic rings. The summed E-state index contributed by atoms with van der Waals surface area (Å²) >= 11 is 6.45. The fourth-order valence-electron chi connectivity index (χ4n) is 1.89. The number of hydrogen-bond acceptors (Lipinski definition) is 1. The van der Waals surface area contributed by atoms with Crippen LogP contribution in [-0.4, -0.2) is 7.11 Å². The van der Waals surface area contributed by atoms with Gasteiger partial charge in [-0.1, -0.05) is 42.0 Å². The normalized spacial score (nSPS) is 12.2. The van der Waals surface area contributed by atoms with E-state index in [4.69, 9.17) is 16.3 Å². The van der Waals surface area contributed by atoms with Crippen molar-refractivity contribution in [3.63, 3.8) is 0 Å². The molecule has 0 aliphatic carbocycles. The molecule has 2 rings (SSSR count). The highest BCUT2D eigenvalue weighted by molar-refractivity contribution is 6.20. The van der Waals surface area contributed by atoms with Gasteiger partial charge in [0.1, 0.15) is 5.75 Å². The average Bonchev–Trinajstić information content (AvgIpc) is 2.41. The zero-order valence-electron chi connectivity index (χ0n) is 10.7. The molecule has 1 atom stereocenters. The minimum Gasteiger partial charge on any atom is -0.497 e. The average molecular weight is 261 g/mol. The van der Waals surface area contributed by atoms with Crippen molar-refractivity contribution in [1.82, 2.24) is 0 Å². The summed E-state index contributed by atoms with van der Waals surface area (Å²) in [7, 11) is 1.67. The largest absolute Gasteiger partial charge is 0.497 e. The van der Waals surface area contributed by atoms with Crippen LogP contribution in [0.25, 0.3) is 0 Å².